The van der Waals surface area contributed by atoms with Gasteiger partial charge >= 0.3 is 0 Å². The van der Waals surface area contributed by atoms with Crippen LogP contribution in [0.4, 0.5) is 0 Å². The maximum atomic E-state index is 4.37. The van der Waals surface area contributed by atoms with Crippen molar-refractivity contribution in [3.05, 3.63) is 16.6 Å². The van der Waals surface area contributed by atoms with E-state index in [-0.39, 0.29) is 0 Å². The summed E-state index contributed by atoms with van der Waals surface area (Å²) in [7, 11) is 0. The van der Waals surface area contributed by atoms with Gasteiger partial charge in [0.05, 0.1) is 5.69 Å². The summed E-state index contributed by atoms with van der Waals surface area (Å²) < 4.78 is 2.99. The van der Waals surface area contributed by atoms with Crippen molar-refractivity contribution in [1.82, 2.24) is 14.9 Å². The zero-order valence-corrected chi connectivity index (χ0v) is 9.93. The van der Waals surface area contributed by atoms with Crippen LogP contribution in [0.5, 0.6) is 0 Å². The van der Waals surface area contributed by atoms with E-state index in [1.54, 1.807) is 0 Å². The van der Waals surface area contributed by atoms with Crippen LogP contribution in [0.1, 0.15) is 26.5 Å². The van der Waals surface area contributed by atoms with Crippen LogP contribution in [-0.2, 0) is 13.1 Å². The van der Waals surface area contributed by atoms with Gasteiger partial charge < -0.3 is 9.88 Å². The first-order valence-corrected chi connectivity index (χ1v) is 5.37. The third-order valence-electron chi connectivity index (χ3n) is 1.81. The van der Waals surface area contributed by atoms with Crippen molar-refractivity contribution in [2.45, 2.75) is 39.9 Å². The average Bonchev–Trinajstić information content (AvgIpc) is 2.43. The first-order valence-electron chi connectivity index (χ1n) is 4.58. The number of hydrogen-bond donors (Lipinski definition) is 1. The molecule has 1 aromatic rings. The molecule has 1 N–H and O–H groups in total. The molecular weight excluding hydrogens is 230 g/mol. The fourth-order valence-electron chi connectivity index (χ4n) is 1.06. The molecule has 0 saturated carbocycles. The number of aromatic nitrogens is 2. The number of aryl methyl sites for hydroxylation is 1. The molecule has 0 amide bonds. The summed E-state index contributed by atoms with van der Waals surface area (Å²) in [5.74, 6) is 0. The Morgan fingerprint density at radius 3 is 2.77 bits per heavy atom. The molecule has 0 aromatic carbocycles. The summed E-state index contributed by atoms with van der Waals surface area (Å²) in [4.78, 5) is 4.37. The van der Waals surface area contributed by atoms with Crippen LogP contribution in [0.2, 0.25) is 0 Å². The molecule has 4 heteroatoms. The molecule has 0 fully saturated rings. The Hall–Kier alpha value is -0.350. The van der Waals surface area contributed by atoms with Gasteiger partial charge in [0.15, 0.2) is 4.73 Å². The van der Waals surface area contributed by atoms with E-state index < -0.39 is 0 Å². The van der Waals surface area contributed by atoms with Gasteiger partial charge in [-0.3, -0.25) is 0 Å². The second kappa shape index (κ2) is 4.77. The van der Waals surface area contributed by atoms with Gasteiger partial charge in [-0.1, -0.05) is 13.8 Å². The predicted octanol–water partition coefficient (Wildman–Crippen LogP) is 2.16. The fraction of sp³-hybridized carbons (Fsp3) is 0.667. The highest BCUT2D eigenvalue weighted by atomic mass is 79.9. The standard InChI is InChI=1S/C9H16BrN3/c1-4-13-6-8(12-9(13)10)5-11-7(2)3/h6-7,11H,4-5H2,1-3H3. The molecule has 3 nitrogen and oxygen atoms in total. The lowest BCUT2D eigenvalue weighted by Gasteiger charge is -2.04. The molecule has 13 heavy (non-hydrogen) atoms. The van der Waals surface area contributed by atoms with Crippen molar-refractivity contribution in [2.75, 3.05) is 0 Å². The van der Waals surface area contributed by atoms with E-state index in [9.17, 15) is 0 Å². The summed E-state index contributed by atoms with van der Waals surface area (Å²) in [6.07, 6.45) is 2.07. The normalized spacial score (nSPS) is 11.2. The number of hydrogen-bond acceptors (Lipinski definition) is 2. The lowest BCUT2D eigenvalue weighted by molar-refractivity contribution is 0.582. The van der Waals surface area contributed by atoms with E-state index in [1.165, 1.54) is 0 Å². The van der Waals surface area contributed by atoms with Crippen LogP contribution in [-0.4, -0.2) is 15.6 Å². The minimum absolute atomic E-state index is 0.505. The van der Waals surface area contributed by atoms with Gasteiger partial charge in [-0.05, 0) is 22.9 Å². The Labute approximate surface area is 87.7 Å². The smallest absolute Gasteiger partial charge is 0.177 e. The molecule has 0 spiro atoms. The molecule has 0 unspecified atom stereocenters. The third-order valence-corrected chi connectivity index (χ3v) is 2.44. The Kier molecular flexibility index (Phi) is 3.93. The molecule has 0 bridgehead atoms. The predicted molar refractivity (Wildman–Crippen MR) is 57.6 cm³/mol. The zero-order chi connectivity index (χ0) is 9.84. The topological polar surface area (TPSA) is 29.9 Å². The van der Waals surface area contributed by atoms with E-state index in [2.05, 4.69) is 57.8 Å². The fourth-order valence-corrected chi connectivity index (χ4v) is 1.64. The van der Waals surface area contributed by atoms with E-state index in [0.29, 0.717) is 6.04 Å². The van der Waals surface area contributed by atoms with Gasteiger partial charge in [0.25, 0.3) is 0 Å². The second-order valence-corrected chi connectivity index (χ2v) is 4.03. The highest BCUT2D eigenvalue weighted by Crippen LogP contribution is 2.09. The zero-order valence-electron chi connectivity index (χ0n) is 8.34. The van der Waals surface area contributed by atoms with Gasteiger partial charge in [0, 0.05) is 25.3 Å². The van der Waals surface area contributed by atoms with Crippen LogP contribution >= 0.6 is 15.9 Å². The summed E-state index contributed by atoms with van der Waals surface area (Å²) in [6, 6.07) is 0.505. The monoisotopic (exact) mass is 245 g/mol. The summed E-state index contributed by atoms with van der Waals surface area (Å²) in [5, 5.41) is 3.33. The third kappa shape index (κ3) is 3.12. The molecule has 1 aromatic heterocycles. The van der Waals surface area contributed by atoms with Crippen molar-refractivity contribution in [3.8, 4) is 0 Å². The Balaban J connectivity index is 2.57. The van der Waals surface area contributed by atoms with Crippen LogP contribution in [0.15, 0.2) is 10.9 Å². The van der Waals surface area contributed by atoms with Crippen LogP contribution in [0.3, 0.4) is 0 Å². The SMILES string of the molecule is CCn1cc(CNC(C)C)nc1Br. The first-order chi connectivity index (χ1) is 6.13. The summed E-state index contributed by atoms with van der Waals surface area (Å²) >= 11 is 3.41. The van der Waals surface area contributed by atoms with E-state index >= 15 is 0 Å². The number of rotatable bonds is 4. The Morgan fingerprint density at radius 1 is 1.62 bits per heavy atom. The molecular formula is C9H16BrN3. The van der Waals surface area contributed by atoms with Crippen molar-refractivity contribution in [3.63, 3.8) is 0 Å². The molecule has 0 aliphatic carbocycles. The number of imidazole rings is 1. The number of halogens is 1. The van der Waals surface area contributed by atoms with Crippen LogP contribution in [0.25, 0.3) is 0 Å². The summed E-state index contributed by atoms with van der Waals surface area (Å²) in [6.45, 7) is 8.16. The van der Waals surface area contributed by atoms with Crippen molar-refractivity contribution in [1.29, 1.82) is 0 Å². The van der Waals surface area contributed by atoms with Crippen LogP contribution < -0.4 is 5.32 Å². The lowest BCUT2D eigenvalue weighted by atomic mass is 10.3. The molecule has 1 heterocycles. The van der Waals surface area contributed by atoms with Crippen molar-refractivity contribution >= 4 is 15.9 Å². The lowest BCUT2D eigenvalue weighted by Crippen LogP contribution is -2.21. The molecule has 0 aliphatic heterocycles. The van der Waals surface area contributed by atoms with E-state index in [1.807, 2.05) is 0 Å². The number of nitrogens with zero attached hydrogens (tertiary/aromatic N) is 2. The van der Waals surface area contributed by atoms with Gasteiger partial charge in [-0.25, -0.2) is 4.98 Å². The summed E-state index contributed by atoms with van der Waals surface area (Å²) in [5.41, 5.74) is 1.09. The quantitative estimate of drug-likeness (QED) is 0.882. The Morgan fingerprint density at radius 2 is 2.31 bits per heavy atom. The maximum absolute atomic E-state index is 4.37. The van der Waals surface area contributed by atoms with Crippen LogP contribution in [0, 0.1) is 0 Å². The average molecular weight is 246 g/mol. The molecule has 0 saturated heterocycles. The second-order valence-electron chi connectivity index (χ2n) is 3.32. The molecule has 74 valence electrons. The van der Waals surface area contributed by atoms with Crippen molar-refractivity contribution in [2.24, 2.45) is 0 Å². The van der Waals surface area contributed by atoms with Crippen molar-refractivity contribution < 1.29 is 0 Å². The Bertz CT molecular complexity index is 268. The first kappa shape index (κ1) is 10.7. The molecule has 0 radical (unpaired) electrons. The minimum Gasteiger partial charge on any atom is -0.326 e. The number of nitrogens with one attached hydrogen (secondary N) is 1. The largest absolute Gasteiger partial charge is 0.326 e. The van der Waals surface area contributed by atoms with Gasteiger partial charge in [-0.2, -0.15) is 0 Å². The van der Waals surface area contributed by atoms with Gasteiger partial charge in [0.2, 0.25) is 0 Å². The molecule has 1 rings (SSSR count). The van der Waals surface area contributed by atoms with Gasteiger partial charge in [-0.15, -0.1) is 0 Å². The maximum Gasteiger partial charge on any atom is 0.177 e. The molecule has 0 aliphatic rings. The molecule has 0 atom stereocenters. The highest BCUT2D eigenvalue weighted by molar-refractivity contribution is 9.10. The minimum atomic E-state index is 0.505. The van der Waals surface area contributed by atoms with E-state index in [0.717, 1.165) is 23.5 Å². The highest BCUT2D eigenvalue weighted by Gasteiger charge is 2.03. The van der Waals surface area contributed by atoms with Gasteiger partial charge in [0.1, 0.15) is 0 Å². The van der Waals surface area contributed by atoms with E-state index in [4.69, 9.17) is 0 Å².